The molecule has 2 heterocycles. The van der Waals surface area contributed by atoms with Crippen LogP contribution in [0.15, 0.2) is 48.7 Å². The van der Waals surface area contributed by atoms with E-state index in [9.17, 15) is 4.79 Å². The van der Waals surface area contributed by atoms with Crippen LogP contribution in [0.4, 0.5) is 0 Å². The lowest BCUT2D eigenvalue weighted by atomic mass is 10.1. The van der Waals surface area contributed by atoms with Gasteiger partial charge in [-0.2, -0.15) is 0 Å². The van der Waals surface area contributed by atoms with Gasteiger partial charge in [-0.15, -0.1) is 0 Å². The van der Waals surface area contributed by atoms with E-state index in [-0.39, 0.29) is 11.8 Å². The van der Waals surface area contributed by atoms with Gasteiger partial charge in [0.05, 0.1) is 13.4 Å². The summed E-state index contributed by atoms with van der Waals surface area (Å²) in [7, 11) is 1.62. The Morgan fingerprint density at radius 1 is 1.32 bits per heavy atom. The minimum absolute atomic E-state index is 0.0988. The number of hydrogen-bond acceptors (Lipinski definition) is 4. The summed E-state index contributed by atoms with van der Waals surface area (Å²) in [5.74, 6) is 0.926. The number of carbonyl (C=O) groups excluding carboxylic acids is 1. The van der Waals surface area contributed by atoms with Gasteiger partial charge in [-0.05, 0) is 41.9 Å². The molecule has 1 aromatic heterocycles. The second kappa shape index (κ2) is 7.48. The first kappa shape index (κ1) is 17.2. The van der Waals surface area contributed by atoms with Crippen molar-refractivity contribution in [2.45, 2.75) is 13.5 Å². The van der Waals surface area contributed by atoms with E-state index in [2.05, 4.69) is 17.2 Å². The van der Waals surface area contributed by atoms with Crippen molar-refractivity contribution >= 4 is 29.3 Å². The van der Waals surface area contributed by atoms with Crippen molar-refractivity contribution in [1.82, 2.24) is 19.8 Å². The Bertz CT molecular complexity index is 784. The number of ether oxygens (including phenoxy) is 1. The predicted octanol–water partition coefficient (Wildman–Crippen LogP) is 2.29. The highest BCUT2D eigenvalue weighted by atomic mass is 32.1. The van der Waals surface area contributed by atoms with Crippen LogP contribution in [0.5, 0.6) is 5.75 Å². The fourth-order valence-electron chi connectivity index (χ4n) is 2.73. The van der Waals surface area contributed by atoms with Crippen LogP contribution in [0.25, 0.3) is 6.08 Å². The summed E-state index contributed by atoms with van der Waals surface area (Å²) in [6.07, 6.45) is 7.23. The van der Waals surface area contributed by atoms with Gasteiger partial charge in [-0.3, -0.25) is 9.69 Å². The number of aromatic nitrogens is 2. The molecule has 0 saturated carbocycles. The van der Waals surface area contributed by atoms with E-state index in [4.69, 9.17) is 17.0 Å². The highest BCUT2D eigenvalue weighted by Gasteiger charge is 2.31. The monoisotopic (exact) mass is 356 g/mol. The van der Waals surface area contributed by atoms with Crippen molar-refractivity contribution in [3.8, 4) is 5.75 Å². The third-order valence-electron chi connectivity index (χ3n) is 3.97. The van der Waals surface area contributed by atoms with Crippen LogP contribution in [0.3, 0.4) is 0 Å². The molecule has 0 aliphatic carbocycles. The SMILES string of the molecule is COc1ccc(C=C2NC(=S)N(CC(C)Cn3ccnc3)C2=O)cc1. The molecule has 0 radical (unpaired) electrons. The molecule has 2 aromatic rings. The number of nitrogens with one attached hydrogen (secondary N) is 1. The molecule has 25 heavy (non-hydrogen) atoms. The van der Waals surface area contributed by atoms with Crippen molar-refractivity contribution in [2.24, 2.45) is 5.92 Å². The predicted molar refractivity (Wildman–Crippen MR) is 99.8 cm³/mol. The van der Waals surface area contributed by atoms with E-state index in [0.717, 1.165) is 17.9 Å². The van der Waals surface area contributed by atoms with Crippen molar-refractivity contribution < 1.29 is 9.53 Å². The molecule has 1 amide bonds. The van der Waals surface area contributed by atoms with E-state index >= 15 is 0 Å². The topological polar surface area (TPSA) is 59.4 Å². The first-order valence-electron chi connectivity index (χ1n) is 8.01. The number of imidazole rings is 1. The molecule has 7 heteroatoms. The molecule has 1 aromatic carbocycles. The van der Waals surface area contributed by atoms with E-state index in [1.54, 1.807) is 30.6 Å². The number of hydrogen-bond donors (Lipinski definition) is 1. The maximum absolute atomic E-state index is 12.6. The molecule has 1 atom stereocenters. The van der Waals surface area contributed by atoms with Crippen LogP contribution in [-0.4, -0.2) is 39.1 Å². The fourth-order valence-corrected chi connectivity index (χ4v) is 3.00. The summed E-state index contributed by atoms with van der Waals surface area (Å²) in [6, 6.07) is 7.51. The van der Waals surface area contributed by atoms with E-state index in [1.807, 2.05) is 35.0 Å². The molecular weight excluding hydrogens is 336 g/mol. The van der Waals surface area contributed by atoms with Gasteiger partial charge in [-0.25, -0.2) is 4.98 Å². The van der Waals surface area contributed by atoms with Crippen molar-refractivity contribution in [3.63, 3.8) is 0 Å². The second-order valence-electron chi connectivity index (χ2n) is 6.04. The van der Waals surface area contributed by atoms with Crippen molar-refractivity contribution in [1.29, 1.82) is 0 Å². The molecule has 1 aliphatic heterocycles. The van der Waals surface area contributed by atoms with Crippen LogP contribution in [0.2, 0.25) is 0 Å². The van der Waals surface area contributed by atoms with E-state index in [0.29, 0.717) is 17.4 Å². The number of thiocarbonyl (C=S) groups is 1. The highest BCUT2D eigenvalue weighted by Crippen LogP contribution is 2.18. The summed E-state index contributed by atoms with van der Waals surface area (Å²) in [5.41, 5.74) is 1.40. The molecule has 0 bridgehead atoms. The lowest BCUT2D eigenvalue weighted by Crippen LogP contribution is -2.35. The average molecular weight is 356 g/mol. The standard InChI is InChI=1S/C18H20N4O2S/c1-13(10-21-8-7-19-12-21)11-22-17(23)16(20-18(22)25)9-14-3-5-15(24-2)6-4-14/h3-9,12-13H,10-11H2,1-2H3,(H,20,25). The molecule has 1 aliphatic rings. The van der Waals surface area contributed by atoms with Crippen LogP contribution in [-0.2, 0) is 11.3 Å². The smallest absolute Gasteiger partial charge is 0.276 e. The molecule has 0 spiro atoms. The number of rotatable bonds is 6. The minimum atomic E-state index is -0.0988. The number of methoxy groups -OCH3 is 1. The Labute approximate surface area is 152 Å². The van der Waals surface area contributed by atoms with Crippen LogP contribution in [0.1, 0.15) is 12.5 Å². The van der Waals surface area contributed by atoms with Crippen LogP contribution in [0, 0.1) is 5.92 Å². The molecule has 1 N–H and O–H groups in total. The lowest BCUT2D eigenvalue weighted by molar-refractivity contribution is -0.122. The van der Waals surface area contributed by atoms with Crippen molar-refractivity contribution in [3.05, 3.63) is 54.2 Å². The lowest BCUT2D eigenvalue weighted by Gasteiger charge is -2.19. The summed E-state index contributed by atoms with van der Waals surface area (Å²) in [4.78, 5) is 18.3. The second-order valence-corrected chi connectivity index (χ2v) is 6.43. The van der Waals surface area contributed by atoms with Gasteiger partial charge in [-0.1, -0.05) is 19.1 Å². The summed E-state index contributed by atoms with van der Waals surface area (Å²) in [6.45, 7) is 3.42. The zero-order valence-corrected chi connectivity index (χ0v) is 15.0. The zero-order valence-electron chi connectivity index (χ0n) is 14.2. The summed E-state index contributed by atoms with van der Waals surface area (Å²) >= 11 is 5.33. The van der Waals surface area contributed by atoms with Crippen molar-refractivity contribution in [2.75, 3.05) is 13.7 Å². The Balaban J connectivity index is 1.67. The fraction of sp³-hybridized carbons (Fsp3) is 0.278. The molecular formula is C18H20N4O2S. The minimum Gasteiger partial charge on any atom is -0.497 e. The van der Waals surface area contributed by atoms with E-state index < -0.39 is 0 Å². The number of amides is 1. The Hall–Kier alpha value is -2.67. The molecule has 1 saturated heterocycles. The number of nitrogens with zero attached hydrogens (tertiary/aromatic N) is 3. The Kier molecular flexibility index (Phi) is 5.14. The van der Waals surface area contributed by atoms with Gasteiger partial charge in [0.1, 0.15) is 11.4 Å². The molecule has 1 unspecified atom stereocenters. The van der Waals surface area contributed by atoms with Gasteiger partial charge in [0.25, 0.3) is 5.91 Å². The third kappa shape index (κ3) is 4.06. The first-order chi connectivity index (χ1) is 12.1. The third-order valence-corrected chi connectivity index (χ3v) is 4.29. The molecule has 1 fully saturated rings. The maximum Gasteiger partial charge on any atom is 0.276 e. The normalized spacial score (nSPS) is 17.0. The maximum atomic E-state index is 12.6. The van der Waals surface area contributed by atoms with Gasteiger partial charge >= 0.3 is 0 Å². The highest BCUT2D eigenvalue weighted by molar-refractivity contribution is 7.80. The van der Waals surface area contributed by atoms with Gasteiger partial charge in [0.15, 0.2) is 5.11 Å². The van der Waals surface area contributed by atoms with E-state index in [1.165, 1.54) is 0 Å². The molecule has 130 valence electrons. The van der Waals surface area contributed by atoms with Crippen LogP contribution >= 0.6 is 12.2 Å². The van der Waals surface area contributed by atoms with Gasteiger partial charge in [0, 0.05) is 25.5 Å². The average Bonchev–Trinajstić information content (AvgIpc) is 3.20. The number of benzene rings is 1. The van der Waals surface area contributed by atoms with Gasteiger partial charge in [0.2, 0.25) is 0 Å². The molecule has 6 nitrogen and oxygen atoms in total. The van der Waals surface area contributed by atoms with Gasteiger partial charge < -0.3 is 14.6 Å². The summed E-state index contributed by atoms with van der Waals surface area (Å²) < 4.78 is 7.14. The zero-order chi connectivity index (χ0) is 17.8. The largest absolute Gasteiger partial charge is 0.497 e. The summed E-state index contributed by atoms with van der Waals surface area (Å²) in [5, 5.41) is 3.46. The molecule has 3 rings (SSSR count). The Morgan fingerprint density at radius 2 is 2.08 bits per heavy atom. The first-order valence-corrected chi connectivity index (χ1v) is 8.42. The Morgan fingerprint density at radius 3 is 2.72 bits per heavy atom. The number of carbonyl (C=O) groups is 1. The quantitative estimate of drug-likeness (QED) is 0.636. The van der Waals surface area contributed by atoms with Crippen LogP contribution < -0.4 is 10.1 Å².